The third-order valence-electron chi connectivity index (χ3n) is 5.76. The third kappa shape index (κ3) is 5.22. The van der Waals surface area contributed by atoms with Crippen LogP contribution in [0, 0.1) is 5.92 Å². The topological polar surface area (TPSA) is 79.2 Å². The van der Waals surface area contributed by atoms with Gasteiger partial charge in [0.1, 0.15) is 5.75 Å². The lowest BCUT2D eigenvalue weighted by atomic mass is 9.85. The van der Waals surface area contributed by atoms with Crippen LogP contribution in [-0.2, 0) is 9.59 Å². The molecular formula is C25H26N2O4S. The minimum Gasteiger partial charge on any atom is -0.482 e. The first-order valence-electron chi connectivity index (χ1n) is 10.8. The van der Waals surface area contributed by atoms with Gasteiger partial charge >= 0.3 is 5.97 Å². The van der Waals surface area contributed by atoms with Crippen molar-refractivity contribution in [2.45, 2.75) is 38.6 Å². The average Bonchev–Trinajstić information content (AvgIpc) is 3.08. The first-order valence-corrected chi connectivity index (χ1v) is 11.6. The molecule has 1 heterocycles. The van der Waals surface area contributed by atoms with E-state index in [4.69, 9.17) is 14.8 Å². The number of rotatable bonds is 6. The molecule has 32 heavy (non-hydrogen) atoms. The maximum atomic E-state index is 13.5. The van der Waals surface area contributed by atoms with Crippen molar-refractivity contribution in [1.29, 1.82) is 0 Å². The van der Waals surface area contributed by atoms with Gasteiger partial charge in [0.05, 0.1) is 10.6 Å². The fourth-order valence-electron chi connectivity index (χ4n) is 4.11. The second-order valence-corrected chi connectivity index (χ2v) is 9.11. The van der Waals surface area contributed by atoms with Crippen LogP contribution in [0.4, 0.5) is 5.69 Å². The second-order valence-electron chi connectivity index (χ2n) is 8.10. The minimum atomic E-state index is -1.02. The van der Waals surface area contributed by atoms with Crippen LogP contribution >= 0.6 is 11.8 Å². The van der Waals surface area contributed by atoms with Crippen molar-refractivity contribution in [2.24, 2.45) is 10.9 Å². The van der Waals surface area contributed by atoms with E-state index in [-0.39, 0.29) is 18.6 Å². The summed E-state index contributed by atoms with van der Waals surface area (Å²) in [6, 6.07) is 16.9. The SMILES string of the molecule is C[C@@H]1CCCC[C@@H]1N1C(=O)/C(=C/c2ccc(OCC(=O)O)cc2)SC1=Nc1ccccc1. The molecule has 0 spiro atoms. The molecular weight excluding hydrogens is 424 g/mol. The van der Waals surface area contributed by atoms with Crippen molar-refractivity contribution >= 4 is 40.6 Å². The third-order valence-corrected chi connectivity index (χ3v) is 6.74. The van der Waals surface area contributed by atoms with Crippen LogP contribution in [0.3, 0.4) is 0 Å². The number of para-hydroxylation sites is 1. The molecule has 0 bridgehead atoms. The summed E-state index contributed by atoms with van der Waals surface area (Å²) in [5, 5.41) is 9.47. The van der Waals surface area contributed by atoms with Gasteiger partial charge < -0.3 is 9.84 Å². The monoisotopic (exact) mass is 450 g/mol. The molecule has 166 valence electrons. The molecule has 1 amide bonds. The Morgan fingerprint density at radius 1 is 1.16 bits per heavy atom. The number of carbonyl (C=O) groups is 2. The highest BCUT2D eigenvalue weighted by molar-refractivity contribution is 8.18. The van der Waals surface area contributed by atoms with Crippen LogP contribution in [0.5, 0.6) is 5.75 Å². The van der Waals surface area contributed by atoms with Gasteiger partial charge in [-0.3, -0.25) is 9.69 Å². The molecule has 4 rings (SSSR count). The van der Waals surface area contributed by atoms with Crippen LogP contribution in [-0.4, -0.2) is 39.7 Å². The van der Waals surface area contributed by atoms with Crippen LogP contribution < -0.4 is 4.74 Å². The van der Waals surface area contributed by atoms with Crippen molar-refractivity contribution in [2.75, 3.05) is 6.61 Å². The molecule has 1 saturated carbocycles. The number of carbonyl (C=O) groups excluding carboxylic acids is 1. The zero-order chi connectivity index (χ0) is 22.5. The maximum absolute atomic E-state index is 13.5. The van der Waals surface area contributed by atoms with Crippen molar-refractivity contribution in [3.63, 3.8) is 0 Å². The van der Waals surface area contributed by atoms with E-state index in [0.717, 1.165) is 35.7 Å². The Kier molecular flexibility index (Phi) is 6.95. The number of thioether (sulfide) groups is 1. The van der Waals surface area contributed by atoms with Crippen LogP contribution in [0.2, 0.25) is 0 Å². The molecule has 0 unspecified atom stereocenters. The second kappa shape index (κ2) is 10.0. The fourth-order valence-corrected chi connectivity index (χ4v) is 5.15. The molecule has 0 radical (unpaired) electrons. The largest absolute Gasteiger partial charge is 0.482 e. The van der Waals surface area contributed by atoms with Crippen molar-refractivity contribution in [3.05, 3.63) is 65.1 Å². The molecule has 2 aromatic carbocycles. The maximum Gasteiger partial charge on any atom is 0.341 e. The Hall–Kier alpha value is -3.06. The van der Waals surface area contributed by atoms with E-state index >= 15 is 0 Å². The summed E-state index contributed by atoms with van der Waals surface area (Å²) in [5.74, 6) is -0.121. The van der Waals surface area contributed by atoms with Gasteiger partial charge in [-0.05, 0) is 66.4 Å². The van der Waals surface area contributed by atoms with Crippen LogP contribution in [0.25, 0.3) is 6.08 Å². The number of nitrogens with zero attached hydrogens (tertiary/aromatic N) is 2. The highest BCUT2D eigenvalue weighted by atomic mass is 32.2. The van der Waals surface area contributed by atoms with Crippen LogP contribution in [0.15, 0.2) is 64.5 Å². The summed E-state index contributed by atoms with van der Waals surface area (Å²) in [4.78, 5) is 31.5. The van der Waals surface area contributed by atoms with Gasteiger partial charge in [0.25, 0.3) is 5.91 Å². The zero-order valence-electron chi connectivity index (χ0n) is 17.9. The number of amidine groups is 1. The van der Waals surface area contributed by atoms with Gasteiger partial charge in [-0.1, -0.05) is 50.1 Å². The number of ether oxygens (including phenoxy) is 1. The standard InChI is InChI=1S/C25H26N2O4S/c1-17-7-5-6-10-21(17)27-24(30)22(32-25(27)26-19-8-3-2-4-9-19)15-18-11-13-20(14-12-18)31-16-23(28)29/h2-4,8-9,11-15,17,21H,5-7,10,16H2,1H3,(H,28,29)/b22-15-,26-25?/t17-,21+/m1/s1. The zero-order valence-corrected chi connectivity index (χ0v) is 18.8. The summed E-state index contributed by atoms with van der Waals surface area (Å²) in [5.41, 5.74) is 1.68. The molecule has 2 atom stereocenters. The highest BCUT2D eigenvalue weighted by Gasteiger charge is 2.41. The lowest BCUT2D eigenvalue weighted by Crippen LogP contribution is -2.44. The van der Waals surface area contributed by atoms with Gasteiger partial charge in [-0.15, -0.1) is 0 Å². The summed E-state index contributed by atoms with van der Waals surface area (Å²) in [6.45, 7) is 1.84. The molecule has 2 fully saturated rings. The minimum absolute atomic E-state index is 0.00497. The number of hydrogen-bond donors (Lipinski definition) is 1. The number of carboxylic acid groups (broad SMARTS) is 1. The number of carboxylic acids is 1. The van der Waals surface area contributed by atoms with Gasteiger partial charge in [0.15, 0.2) is 11.8 Å². The fraction of sp³-hybridized carbons (Fsp3) is 0.320. The Labute approximate surface area is 192 Å². The predicted molar refractivity (Wildman–Crippen MR) is 127 cm³/mol. The lowest BCUT2D eigenvalue weighted by molar-refractivity contribution is -0.139. The number of benzene rings is 2. The summed E-state index contributed by atoms with van der Waals surface area (Å²) < 4.78 is 5.19. The molecule has 1 saturated heterocycles. The van der Waals surface area contributed by atoms with E-state index in [9.17, 15) is 9.59 Å². The molecule has 1 aliphatic heterocycles. The molecule has 7 heteroatoms. The van der Waals surface area contributed by atoms with Crippen molar-refractivity contribution in [3.8, 4) is 5.75 Å². The Bertz CT molecular complexity index is 1030. The molecule has 0 aromatic heterocycles. The van der Waals surface area contributed by atoms with Gasteiger partial charge in [0.2, 0.25) is 0 Å². The van der Waals surface area contributed by atoms with E-state index in [2.05, 4.69) is 6.92 Å². The first-order chi connectivity index (χ1) is 15.5. The molecule has 6 nitrogen and oxygen atoms in total. The summed E-state index contributed by atoms with van der Waals surface area (Å²) in [7, 11) is 0. The van der Waals surface area contributed by atoms with Gasteiger partial charge in [0, 0.05) is 6.04 Å². The quantitative estimate of drug-likeness (QED) is 0.602. The number of amides is 1. The molecule has 2 aromatic rings. The van der Waals surface area contributed by atoms with E-state index in [1.54, 1.807) is 12.1 Å². The Balaban J connectivity index is 1.61. The number of hydrogen-bond acceptors (Lipinski definition) is 5. The molecule has 2 aliphatic rings. The number of aliphatic imine (C=N–C) groups is 1. The van der Waals surface area contributed by atoms with E-state index in [1.807, 2.05) is 53.4 Å². The summed E-state index contributed by atoms with van der Waals surface area (Å²) in [6.07, 6.45) is 6.30. The van der Waals surface area contributed by atoms with Crippen molar-refractivity contribution in [1.82, 2.24) is 4.90 Å². The highest BCUT2D eigenvalue weighted by Crippen LogP contribution is 2.40. The molecule has 1 aliphatic carbocycles. The van der Waals surface area contributed by atoms with E-state index in [0.29, 0.717) is 16.6 Å². The average molecular weight is 451 g/mol. The normalized spacial score (nSPS) is 23.7. The smallest absolute Gasteiger partial charge is 0.341 e. The molecule has 1 N–H and O–H groups in total. The lowest BCUT2D eigenvalue weighted by Gasteiger charge is -2.35. The predicted octanol–water partition coefficient (Wildman–Crippen LogP) is 5.33. The summed E-state index contributed by atoms with van der Waals surface area (Å²) >= 11 is 1.41. The Morgan fingerprint density at radius 2 is 1.88 bits per heavy atom. The van der Waals surface area contributed by atoms with E-state index in [1.165, 1.54) is 18.2 Å². The van der Waals surface area contributed by atoms with Gasteiger partial charge in [-0.2, -0.15) is 0 Å². The van der Waals surface area contributed by atoms with Gasteiger partial charge in [-0.25, -0.2) is 9.79 Å². The first kappa shape index (κ1) is 22.1. The van der Waals surface area contributed by atoms with Crippen LogP contribution in [0.1, 0.15) is 38.2 Å². The van der Waals surface area contributed by atoms with Crippen molar-refractivity contribution < 1.29 is 19.4 Å². The van der Waals surface area contributed by atoms with E-state index < -0.39 is 5.97 Å². The Morgan fingerprint density at radius 3 is 2.56 bits per heavy atom. The number of aliphatic carboxylic acids is 1.